The van der Waals surface area contributed by atoms with Crippen LogP contribution in [0.2, 0.25) is 0 Å². The van der Waals surface area contributed by atoms with Crippen molar-refractivity contribution in [2.75, 3.05) is 0 Å². The Kier molecular flexibility index (Phi) is 3.81. The van der Waals surface area contributed by atoms with Gasteiger partial charge < -0.3 is 0 Å². The summed E-state index contributed by atoms with van der Waals surface area (Å²) in [7, 11) is 0. The van der Waals surface area contributed by atoms with Gasteiger partial charge >= 0.3 is 59.5 Å². The van der Waals surface area contributed by atoms with E-state index in [1.165, 1.54) is 0 Å². The van der Waals surface area contributed by atoms with E-state index in [1.54, 1.807) is 0 Å². The van der Waals surface area contributed by atoms with Crippen LogP contribution < -0.4 is 0 Å². The van der Waals surface area contributed by atoms with Crippen LogP contribution in [0.5, 0.6) is 0 Å². The van der Waals surface area contributed by atoms with Crippen molar-refractivity contribution in [3.8, 4) is 0 Å². The maximum absolute atomic E-state index is 8.64. The summed E-state index contributed by atoms with van der Waals surface area (Å²) in [6.45, 7) is 0. The van der Waals surface area contributed by atoms with Crippen molar-refractivity contribution in [2.45, 2.75) is 0 Å². The molecule has 0 aromatic carbocycles. The van der Waals surface area contributed by atoms with Gasteiger partial charge in [-0.1, -0.05) is 0 Å². The van der Waals surface area contributed by atoms with Crippen LogP contribution in [0.3, 0.4) is 0 Å². The van der Waals surface area contributed by atoms with Crippen LogP contribution in [0.4, 0.5) is 0 Å². The van der Waals surface area contributed by atoms with Crippen molar-refractivity contribution in [2.24, 2.45) is 0 Å². The van der Waals surface area contributed by atoms with Crippen LogP contribution in [-0.4, -0.2) is 25.8 Å². The predicted octanol–water partition coefficient (Wildman–Crippen LogP) is -1.10. The van der Waals surface area contributed by atoms with E-state index in [4.69, 9.17) is 21.1 Å². The van der Waals surface area contributed by atoms with Gasteiger partial charge in [-0.25, -0.2) is 0 Å². The summed E-state index contributed by atoms with van der Waals surface area (Å²) in [6.07, 6.45) is 0. The summed E-state index contributed by atoms with van der Waals surface area (Å²) in [5, 5.41) is 0. The van der Waals surface area contributed by atoms with E-state index in [2.05, 4.69) is 0 Å². The van der Waals surface area contributed by atoms with Gasteiger partial charge in [0.1, 0.15) is 0 Å². The van der Waals surface area contributed by atoms with E-state index in [1.807, 2.05) is 0 Å². The minimum atomic E-state index is -7.74. The predicted molar refractivity (Wildman–Crippen MR) is 9.87 cm³/mol. The SMILES string of the molecule is [O]=[Pb].[O]=[V](=[O])(=[O])(=[O])=[O]. The molecule has 0 bridgehead atoms. The van der Waals surface area contributed by atoms with Crippen molar-refractivity contribution in [1.29, 1.82) is 0 Å². The molecule has 6 nitrogen and oxygen atoms in total. The average molecular weight is 354 g/mol. The van der Waals surface area contributed by atoms with Gasteiger partial charge in [-0.2, -0.15) is 0 Å². The molecular weight excluding hydrogens is 354 g/mol. The number of hydrogen-bond acceptors (Lipinski definition) is 6. The molecular formula is O6PbV. The summed E-state index contributed by atoms with van der Waals surface area (Å²) in [5.41, 5.74) is 0. The maximum atomic E-state index is 8.64. The first-order valence-electron chi connectivity index (χ1n) is 1.12. The molecule has 0 aliphatic heterocycles. The van der Waals surface area contributed by atoms with Gasteiger partial charge in [-0.15, -0.1) is 0 Å². The first-order valence-corrected chi connectivity index (χ1v) is 5.56. The van der Waals surface area contributed by atoms with Gasteiger partial charge in [0.15, 0.2) is 0 Å². The summed E-state index contributed by atoms with van der Waals surface area (Å²) in [4.78, 5) is 0. The van der Waals surface area contributed by atoms with E-state index in [0.29, 0.717) is 0 Å². The van der Waals surface area contributed by atoms with Crippen LogP contribution in [0.25, 0.3) is 0 Å². The molecule has 0 atom stereocenters. The molecule has 0 saturated heterocycles. The summed E-state index contributed by atoms with van der Waals surface area (Å²) in [5.74, 6) is 0. The molecule has 0 saturated carbocycles. The molecule has 0 aliphatic rings. The van der Waals surface area contributed by atoms with E-state index < -0.39 is 12.6 Å². The van der Waals surface area contributed by atoms with E-state index >= 15 is 0 Å². The van der Waals surface area contributed by atoms with Crippen LogP contribution in [0.1, 0.15) is 0 Å². The molecule has 0 amide bonds. The minimum absolute atomic E-state index is 0.0556. The topological polar surface area (TPSA) is 102 Å². The molecule has 2 radical (unpaired) electrons. The van der Waals surface area contributed by atoms with Crippen molar-refractivity contribution in [3.05, 3.63) is 0 Å². The van der Waals surface area contributed by atoms with Crippen molar-refractivity contribution in [1.82, 2.24) is 0 Å². The fourth-order valence-electron chi connectivity index (χ4n) is 0. The molecule has 8 heteroatoms. The van der Waals surface area contributed by atoms with Crippen molar-refractivity contribution >= 4 is 25.8 Å². The zero-order chi connectivity index (χ0) is 7.45. The summed E-state index contributed by atoms with van der Waals surface area (Å²) < 4.78 is 51.6. The number of rotatable bonds is 0. The molecule has 0 aromatic rings. The molecule has 0 spiro atoms. The molecule has 0 fully saturated rings. The van der Waals surface area contributed by atoms with Crippen LogP contribution in [0, 0.1) is 0 Å². The average Bonchev–Trinajstić information content (AvgIpc) is 1.33. The fourth-order valence-corrected chi connectivity index (χ4v) is 0. The van der Waals surface area contributed by atoms with Crippen LogP contribution >= 0.6 is 0 Å². The molecule has 0 rings (SSSR count). The second-order valence-electron chi connectivity index (χ2n) is 0.745. The summed E-state index contributed by atoms with van der Waals surface area (Å²) in [6, 6.07) is 0. The van der Waals surface area contributed by atoms with Gasteiger partial charge in [0.05, 0.1) is 0 Å². The summed E-state index contributed by atoms with van der Waals surface area (Å²) >= 11 is -7.68. The molecule has 0 N–H and O–H groups in total. The normalized spacial score (nSPS) is 8.00. The third-order valence-electron chi connectivity index (χ3n) is 0. The van der Waals surface area contributed by atoms with E-state index in [-0.39, 0.29) is 25.8 Å². The molecule has 8 heavy (non-hydrogen) atoms. The van der Waals surface area contributed by atoms with Gasteiger partial charge in [0, 0.05) is 0 Å². The Morgan fingerprint density at radius 3 is 0.750 bits per heavy atom. The Morgan fingerprint density at radius 1 is 0.750 bits per heavy atom. The molecule has 0 aliphatic carbocycles. The van der Waals surface area contributed by atoms with Crippen LogP contribution in [-0.2, 0) is 33.7 Å². The Bertz CT molecular complexity index is 292. The third-order valence-corrected chi connectivity index (χ3v) is 0. The molecule has 0 heterocycles. The zero-order valence-electron chi connectivity index (χ0n) is 3.40. The zero-order valence-corrected chi connectivity index (χ0v) is 8.68. The monoisotopic (exact) mass is 355 g/mol. The fraction of sp³-hybridized carbons (Fsp3) is 0. The molecule has 0 unspecified atom stereocenters. The van der Waals surface area contributed by atoms with Crippen LogP contribution in [0.15, 0.2) is 0 Å². The quantitative estimate of drug-likeness (QED) is 0.512. The second kappa shape index (κ2) is 2.74. The van der Waals surface area contributed by atoms with E-state index in [0.717, 1.165) is 0 Å². The first-order chi connectivity index (χ1) is 3.24. The van der Waals surface area contributed by atoms with Crippen molar-refractivity contribution < 1.29 is 33.7 Å². The standard InChI is InChI=1S/6O.Pb.V. The Hall–Kier alpha value is 0.306. The second-order valence-corrected chi connectivity index (χ2v) is 3.07. The first kappa shape index (κ1) is 11.1. The van der Waals surface area contributed by atoms with Crippen molar-refractivity contribution in [3.63, 3.8) is 0 Å². The van der Waals surface area contributed by atoms with Gasteiger partial charge in [0.2, 0.25) is 0 Å². The Balaban J connectivity index is 0. The van der Waals surface area contributed by atoms with Gasteiger partial charge in [0.25, 0.3) is 0 Å². The number of hydrogen-bond donors (Lipinski definition) is 0. The Morgan fingerprint density at radius 2 is 0.750 bits per heavy atom. The van der Waals surface area contributed by atoms with E-state index in [9.17, 15) is 0 Å². The molecule has 0 aromatic heterocycles. The Labute approximate surface area is 59.3 Å². The van der Waals surface area contributed by atoms with Gasteiger partial charge in [-0.3, -0.25) is 0 Å². The van der Waals surface area contributed by atoms with Gasteiger partial charge in [-0.05, 0) is 0 Å². The third kappa shape index (κ3) is 1890. The molecule has 45 valence electrons.